The van der Waals surface area contributed by atoms with Crippen molar-refractivity contribution < 1.29 is 4.42 Å². The number of hydrogen-bond donors (Lipinski definition) is 0. The lowest BCUT2D eigenvalue weighted by molar-refractivity contribution is 0.258. The van der Waals surface area contributed by atoms with E-state index >= 15 is 0 Å². The van der Waals surface area contributed by atoms with Crippen LogP contribution in [-0.4, -0.2) is 50.7 Å². The first-order chi connectivity index (χ1) is 16.7. The van der Waals surface area contributed by atoms with Gasteiger partial charge in [0.15, 0.2) is 5.65 Å². The second-order valence-electron chi connectivity index (χ2n) is 9.75. The van der Waals surface area contributed by atoms with E-state index in [0.29, 0.717) is 10.9 Å². The third-order valence-corrected chi connectivity index (χ3v) is 7.56. The molecular formula is C26H31ClN6O. The Morgan fingerprint density at radius 3 is 2.68 bits per heavy atom. The molecule has 1 aromatic carbocycles. The molecule has 2 aliphatic rings. The van der Waals surface area contributed by atoms with Gasteiger partial charge in [-0.3, -0.25) is 4.90 Å². The van der Waals surface area contributed by atoms with Gasteiger partial charge in [0.1, 0.15) is 17.3 Å². The zero-order valence-corrected chi connectivity index (χ0v) is 20.5. The molecule has 0 bridgehead atoms. The van der Waals surface area contributed by atoms with Crippen LogP contribution in [0.1, 0.15) is 61.8 Å². The van der Waals surface area contributed by atoms with Crippen LogP contribution in [0.5, 0.6) is 0 Å². The van der Waals surface area contributed by atoms with Gasteiger partial charge in [-0.1, -0.05) is 30.9 Å². The third-order valence-electron chi connectivity index (χ3n) is 7.33. The Kier molecular flexibility index (Phi) is 5.91. The summed E-state index contributed by atoms with van der Waals surface area (Å²) in [4.78, 5) is 10.0. The van der Waals surface area contributed by atoms with E-state index in [1.165, 1.54) is 32.1 Å². The molecule has 1 aliphatic heterocycles. The summed E-state index contributed by atoms with van der Waals surface area (Å²) in [5, 5.41) is 11.1. The largest absolute Gasteiger partial charge is 0.465 e. The highest BCUT2D eigenvalue weighted by Gasteiger charge is 2.27. The zero-order chi connectivity index (χ0) is 23.1. The molecule has 8 heteroatoms. The van der Waals surface area contributed by atoms with Gasteiger partial charge in [0.05, 0.1) is 12.1 Å². The number of benzene rings is 1. The van der Waals surface area contributed by atoms with Crippen molar-refractivity contribution >= 4 is 34.1 Å². The molecule has 1 saturated carbocycles. The summed E-state index contributed by atoms with van der Waals surface area (Å²) < 4.78 is 8.08. The van der Waals surface area contributed by atoms with Crippen molar-refractivity contribution in [3.63, 3.8) is 0 Å². The van der Waals surface area contributed by atoms with E-state index in [1.807, 2.05) is 31.2 Å². The minimum Gasteiger partial charge on any atom is -0.465 e. The fraction of sp³-hybridized carbons (Fsp3) is 0.500. The summed E-state index contributed by atoms with van der Waals surface area (Å²) in [6.07, 6.45) is 7.26. The van der Waals surface area contributed by atoms with Crippen LogP contribution in [0.2, 0.25) is 5.02 Å². The standard InChI is InChI=1S/C26H31ClN6O/c1-18-8-10-21(34-18)17-31-12-5-13-32(15-14-31)26-28-23-16-20(27)9-11-22(23)25-30-29-24(33(25)26)19-6-3-2-4-7-19/h8-11,16,19H,2-7,12-15,17H2,1H3. The Morgan fingerprint density at radius 2 is 1.85 bits per heavy atom. The first-order valence-electron chi connectivity index (χ1n) is 12.5. The van der Waals surface area contributed by atoms with Crippen LogP contribution in [0, 0.1) is 6.92 Å². The number of hydrogen-bond acceptors (Lipinski definition) is 6. The van der Waals surface area contributed by atoms with E-state index in [4.69, 9.17) is 26.1 Å². The lowest BCUT2D eigenvalue weighted by atomic mass is 9.89. The van der Waals surface area contributed by atoms with Gasteiger partial charge in [-0.25, -0.2) is 9.38 Å². The molecule has 0 N–H and O–H groups in total. The Hall–Kier alpha value is -2.64. The minimum atomic E-state index is 0.444. The first-order valence-corrected chi connectivity index (χ1v) is 12.9. The Bertz CT molecular complexity index is 1310. The Balaban J connectivity index is 1.37. The smallest absolute Gasteiger partial charge is 0.213 e. The van der Waals surface area contributed by atoms with Crippen molar-refractivity contribution in [3.8, 4) is 0 Å². The van der Waals surface area contributed by atoms with E-state index in [2.05, 4.69) is 25.4 Å². The molecule has 4 heterocycles. The third kappa shape index (κ3) is 4.16. The van der Waals surface area contributed by atoms with Crippen LogP contribution in [0.25, 0.3) is 16.6 Å². The maximum atomic E-state index is 6.35. The summed E-state index contributed by atoms with van der Waals surface area (Å²) in [6.45, 7) is 6.69. The summed E-state index contributed by atoms with van der Waals surface area (Å²) in [5.74, 6) is 4.47. The predicted molar refractivity (Wildman–Crippen MR) is 135 cm³/mol. The van der Waals surface area contributed by atoms with Gasteiger partial charge in [-0.15, -0.1) is 10.2 Å². The van der Waals surface area contributed by atoms with E-state index in [-0.39, 0.29) is 0 Å². The van der Waals surface area contributed by atoms with Gasteiger partial charge in [0.2, 0.25) is 5.95 Å². The second-order valence-corrected chi connectivity index (χ2v) is 10.2. The van der Waals surface area contributed by atoms with Crippen molar-refractivity contribution in [1.82, 2.24) is 24.5 Å². The van der Waals surface area contributed by atoms with Gasteiger partial charge in [-0.05, 0) is 56.5 Å². The molecule has 0 spiro atoms. The van der Waals surface area contributed by atoms with Gasteiger partial charge in [0, 0.05) is 42.5 Å². The molecule has 0 amide bonds. The minimum absolute atomic E-state index is 0.444. The molecule has 0 atom stereocenters. The van der Waals surface area contributed by atoms with Crippen LogP contribution in [-0.2, 0) is 6.54 Å². The summed E-state index contributed by atoms with van der Waals surface area (Å²) >= 11 is 6.35. The molecule has 1 aliphatic carbocycles. The van der Waals surface area contributed by atoms with Gasteiger partial charge < -0.3 is 9.32 Å². The van der Waals surface area contributed by atoms with Crippen molar-refractivity contribution in [1.29, 1.82) is 0 Å². The van der Waals surface area contributed by atoms with Crippen LogP contribution >= 0.6 is 11.6 Å². The maximum absolute atomic E-state index is 6.35. The Morgan fingerprint density at radius 1 is 0.971 bits per heavy atom. The molecular weight excluding hydrogens is 448 g/mol. The van der Waals surface area contributed by atoms with Crippen molar-refractivity contribution in [2.45, 2.75) is 57.9 Å². The highest BCUT2D eigenvalue weighted by molar-refractivity contribution is 6.31. The van der Waals surface area contributed by atoms with E-state index in [9.17, 15) is 0 Å². The number of rotatable bonds is 4. The molecule has 34 heavy (non-hydrogen) atoms. The lowest BCUT2D eigenvalue weighted by Crippen LogP contribution is -2.32. The van der Waals surface area contributed by atoms with E-state index < -0.39 is 0 Å². The first kappa shape index (κ1) is 21.9. The normalized spacial score (nSPS) is 18.7. The monoisotopic (exact) mass is 478 g/mol. The molecule has 0 unspecified atom stereocenters. The van der Waals surface area contributed by atoms with Crippen LogP contribution in [0.4, 0.5) is 5.95 Å². The van der Waals surface area contributed by atoms with Crippen LogP contribution < -0.4 is 4.90 Å². The number of anilines is 1. The van der Waals surface area contributed by atoms with Crippen molar-refractivity contribution in [2.75, 3.05) is 31.1 Å². The number of aryl methyl sites for hydroxylation is 1. The fourth-order valence-electron chi connectivity index (χ4n) is 5.57. The number of furan rings is 1. The van der Waals surface area contributed by atoms with E-state index in [1.54, 1.807) is 0 Å². The molecule has 2 fully saturated rings. The molecule has 3 aromatic heterocycles. The summed E-state index contributed by atoms with van der Waals surface area (Å²) in [7, 11) is 0. The van der Waals surface area contributed by atoms with Crippen LogP contribution in [0.15, 0.2) is 34.7 Å². The molecule has 178 valence electrons. The second kappa shape index (κ2) is 9.19. The number of nitrogens with zero attached hydrogens (tertiary/aromatic N) is 6. The maximum Gasteiger partial charge on any atom is 0.213 e. The van der Waals surface area contributed by atoms with Gasteiger partial charge in [0.25, 0.3) is 0 Å². The average molecular weight is 479 g/mol. The quantitative estimate of drug-likeness (QED) is 0.381. The van der Waals surface area contributed by atoms with Gasteiger partial charge >= 0.3 is 0 Å². The van der Waals surface area contributed by atoms with Crippen molar-refractivity contribution in [3.05, 3.63) is 52.7 Å². The number of aromatic nitrogens is 4. The molecule has 6 rings (SSSR count). The number of fused-ring (bicyclic) bond motifs is 3. The average Bonchev–Trinajstić information content (AvgIpc) is 3.40. The SMILES string of the molecule is Cc1ccc(CN2CCCN(c3nc4cc(Cl)ccc4c4nnc(C5CCCCC5)n34)CC2)o1. The predicted octanol–water partition coefficient (Wildman–Crippen LogP) is 5.59. The van der Waals surface area contributed by atoms with Gasteiger partial charge in [-0.2, -0.15) is 0 Å². The number of halogens is 1. The molecule has 4 aromatic rings. The Labute approximate surface area is 204 Å². The summed E-state index contributed by atoms with van der Waals surface area (Å²) in [6, 6.07) is 10.0. The highest BCUT2D eigenvalue weighted by atomic mass is 35.5. The van der Waals surface area contributed by atoms with Crippen LogP contribution in [0.3, 0.4) is 0 Å². The lowest BCUT2D eigenvalue weighted by Gasteiger charge is -2.26. The highest BCUT2D eigenvalue weighted by Crippen LogP contribution is 2.35. The molecule has 0 radical (unpaired) electrons. The summed E-state index contributed by atoms with van der Waals surface area (Å²) in [5.41, 5.74) is 1.77. The van der Waals surface area contributed by atoms with Crippen molar-refractivity contribution in [2.24, 2.45) is 0 Å². The molecule has 7 nitrogen and oxygen atoms in total. The molecule has 1 saturated heterocycles. The zero-order valence-electron chi connectivity index (χ0n) is 19.7. The fourth-order valence-corrected chi connectivity index (χ4v) is 5.74. The van der Waals surface area contributed by atoms with E-state index in [0.717, 1.165) is 79.0 Å². The topological polar surface area (TPSA) is 62.7 Å².